The van der Waals surface area contributed by atoms with Gasteiger partial charge in [-0.1, -0.05) is 6.92 Å². The van der Waals surface area contributed by atoms with Crippen molar-refractivity contribution in [1.29, 1.82) is 5.26 Å². The Morgan fingerprint density at radius 2 is 2.22 bits per heavy atom. The van der Waals surface area contributed by atoms with Crippen LogP contribution >= 0.6 is 0 Å². The predicted molar refractivity (Wildman–Crippen MR) is 58.5 cm³/mol. The maximum atomic E-state index is 12.2. The van der Waals surface area contributed by atoms with E-state index in [0.29, 0.717) is 17.5 Å². The van der Waals surface area contributed by atoms with Crippen LogP contribution in [0, 0.1) is 11.3 Å². The molecule has 0 heterocycles. The van der Waals surface area contributed by atoms with Gasteiger partial charge in [-0.3, -0.25) is 4.79 Å². The lowest BCUT2D eigenvalue weighted by Gasteiger charge is -2.13. The molecule has 1 N–H and O–H groups in total. The van der Waals surface area contributed by atoms with Gasteiger partial charge in [0.1, 0.15) is 5.75 Å². The topological polar surface area (TPSA) is 70.3 Å². The van der Waals surface area contributed by atoms with Crippen molar-refractivity contribution in [3.05, 3.63) is 28.8 Å². The van der Waals surface area contributed by atoms with Crippen LogP contribution in [0.15, 0.2) is 12.1 Å². The molecular formula is C12H11F2NO3. The van der Waals surface area contributed by atoms with Crippen molar-refractivity contribution in [3.63, 3.8) is 0 Å². The highest BCUT2D eigenvalue weighted by Crippen LogP contribution is 2.27. The van der Waals surface area contributed by atoms with Crippen LogP contribution in [0.5, 0.6) is 5.75 Å². The Hall–Kier alpha value is -2.16. The summed E-state index contributed by atoms with van der Waals surface area (Å²) in [5, 5.41) is 17.5. The van der Waals surface area contributed by atoms with Gasteiger partial charge in [-0.05, 0) is 29.7 Å². The highest BCUT2D eigenvalue weighted by Gasteiger charge is 2.16. The summed E-state index contributed by atoms with van der Waals surface area (Å²) in [6.07, 6.45) is 0.00860. The van der Waals surface area contributed by atoms with E-state index in [1.807, 2.05) is 0 Å². The molecular weight excluding hydrogens is 244 g/mol. The van der Waals surface area contributed by atoms with Gasteiger partial charge in [0.2, 0.25) is 0 Å². The Balaban J connectivity index is 3.30. The highest BCUT2D eigenvalue weighted by molar-refractivity contribution is 5.71. The molecule has 0 aliphatic rings. The van der Waals surface area contributed by atoms with E-state index < -0.39 is 12.6 Å². The van der Waals surface area contributed by atoms with E-state index in [0.717, 1.165) is 0 Å². The van der Waals surface area contributed by atoms with Crippen molar-refractivity contribution in [2.24, 2.45) is 0 Å². The summed E-state index contributed by atoms with van der Waals surface area (Å²) in [7, 11) is 0. The maximum Gasteiger partial charge on any atom is 0.387 e. The number of rotatable bonds is 5. The van der Waals surface area contributed by atoms with E-state index in [1.165, 1.54) is 12.1 Å². The summed E-state index contributed by atoms with van der Waals surface area (Å²) in [4.78, 5) is 10.7. The zero-order valence-corrected chi connectivity index (χ0v) is 9.61. The van der Waals surface area contributed by atoms with E-state index >= 15 is 0 Å². The van der Waals surface area contributed by atoms with E-state index in [1.54, 1.807) is 13.0 Å². The fraction of sp³-hybridized carbons (Fsp3) is 0.333. The van der Waals surface area contributed by atoms with Crippen LogP contribution in [-0.4, -0.2) is 17.7 Å². The number of carboxylic acids is 1. The van der Waals surface area contributed by atoms with Crippen LogP contribution in [0.25, 0.3) is 0 Å². The molecule has 4 nitrogen and oxygen atoms in total. The monoisotopic (exact) mass is 255 g/mol. The number of ether oxygens (including phenoxy) is 1. The molecule has 0 fully saturated rings. The summed E-state index contributed by atoms with van der Waals surface area (Å²) in [5.74, 6) is -1.23. The number of nitriles is 1. The molecule has 0 aromatic heterocycles. The van der Waals surface area contributed by atoms with Gasteiger partial charge in [-0.25, -0.2) is 0 Å². The van der Waals surface area contributed by atoms with Gasteiger partial charge >= 0.3 is 12.6 Å². The minimum Gasteiger partial charge on any atom is -0.481 e. The lowest BCUT2D eigenvalue weighted by Crippen LogP contribution is -2.09. The Bertz CT molecular complexity index is 495. The fourth-order valence-corrected chi connectivity index (χ4v) is 1.69. The fourth-order valence-electron chi connectivity index (χ4n) is 1.69. The maximum absolute atomic E-state index is 12.2. The molecule has 0 radical (unpaired) electrons. The molecule has 6 heteroatoms. The summed E-state index contributed by atoms with van der Waals surface area (Å²) >= 11 is 0. The molecule has 0 bridgehead atoms. The number of hydrogen-bond donors (Lipinski definition) is 1. The molecule has 1 rings (SSSR count). The molecule has 18 heavy (non-hydrogen) atoms. The molecule has 96 valence electrons. The van der Waals surface area contributed by atoms with E-state index in [4.69, 9.17) is 10.4 Å². The predicted octanol–water partition coefficient (Wildman–Crippen LogP) is 2.35. The van der Waals surface area contributed by atoms with Crippen LogP contribution in [0.4, 0.5) is 8.78 Å². The zero-order valence-electron chi connectivity index (χ0n) is 9.61. The lowest BCUT2D eigenvalue weighted by atomic mass is 9.98. The number of hydrogen-bond acceptors (Lipinski definition) is 3. The first-order valence-corrected chi connectivity index (χ1v) is 5.20. The smallest absolute Gasteiger partial charge is 0.387 e. The summed E-state index contributed by atoms with van der Waals surface area (Å²) < 4.78 is 28.8. The molecule has 0 atom stereocenters. The average Bonchev–Trinajstić information content (AvgIpc) is 2.27. The van der Waals surface area contributed by atoms with Crippen LogP contribution in [-0.2, 0) is 17.6 Å². The van der Waals surface area contributed by atoms with Gasteiger partial charge < -0.3 is 9.84 Å². The molecule has 0 aliphatic heterocycles. The lowest BCUT2D eigenvalue weighted by molar-refractivity contribution is -0.136. The van der Waals surface area contributed by atoms with Gasteiger partial charge in [0, 0.05) is 0 Å². The third kappa shape index (κ3) is 3.42. The van der Waals surface area contributed by atoms with Gasteiger partial charge in [-0.2, -0.15) is 14.0 Å². The zero-order chi connectivity index (χ0) is 13.7. The van der Waals surface area contributed by atoms with Crippen molar-refractivity contribution in [1.82, 2.24) is 0 Å². The first kappa shape index (κ1) is 13.9. The Labute approximate surface area is 102 Å². The second-order valence-electron chi connectivity index (χ2n) is 3.53. The highest BCUT2D eigenvalue weighted by atomic mass is 19.3. The van der Waals surface area contributed by atoms with Crippen molar-refractivity contribution in [2.45, 2.75) is 26.4 Å². The molecule has 0 saturated carbocycles. The third-order valence-corrected chi connectivity index (χ3v) is 2.34. The van der Waals surface area contributed by atoms with Crippen molar-refractivity contribution >= 4 is 5.97 Å². The first-order valence-electron chi connectivity index (χ1n) is 5.20. The van der Waals surface area contributed by atoms with Crippen LogP contribution in [0.2, 0.25) is 0 Å². The quantitative estimate of drug-likeness (QED) is 0.876. The van der Waals surface area contributed by atoms with Crippen molar-refractivity contribution in [2.75, 3.05) is 0 Å². The number of alkyl halides is 2. The van der Waals surface area contributed by atoms with Crippen LogP contribution in [0.3, 0.4) is 0 Å². The second kappa shape index (κ2) is 5.96. The normalized spacial score (nSPS) is 10.2. The van der Waals surface area contributed by atoms with Gasteiger partial charge in [0.05, 0.1) is 18.1 Å². The number of halogens is 2. The van der Waals surface area contributed by atoms with Crippen molar-refractivity contribution in [3.8, 4) is 11.8 Å². The molecule has 1 aromatic carbocycles. The van der Waals surface area contributed by atoms with E-state index in [-0.39, 0.29) is 17.7 Å². The SMILES string of the molecule is CCc1c(CC(=O)O)cc(C#N)cc1OC(F)F. The number of benzene rings is 1. The minimum atomic E-state index is -3.01. The van der Waals surface area contributed by atoms with Crippen molar-refractivity contribution < 1.29 is 23.4 Å². The summed E-state index contributed by atoms with van der Waals surface area (Å²) in [6.45, 7) is -1.31. The molecule has 0 spiro atoms. The van der Waals surface area contributed by atoms with E-state index in [2.05, 4.69) is 4.74 Å². The summed E-state index contributed by atoms with van der Waals surface area (Å²) in [6, 6.07) is 4.36. The second-order valence-corrected chi connectivity index (χ2v) is 3.53. The molecule has 1 aromatic rings. The average molecular weight is 255 g/mol. The largest absolute Gasteiger partial charge is 0.481 e. The Kier molecular flexibility index (Phi) is 4.60. The minimum absolute atomic E-state index is 0.0964. The Morgan fingerprint density at radius 3 is 2.67 bits per heavy atom. The Morgan fingerprint density at radius 1 is 1.56 bits per heavy atom. The molecule has 0 amide bonds. The van der Waals surface area contributed by atoms with Crippen LogP contribution < -0.4 is 4.74 Å². The van der Waals surface area contributed by atoms with Gasteiger partial charge in [0.25, 0.3) is 0 Å². The molecule has 0 aliphatic carbocycles. The number of carboxylic acid groups (broad SMARTS) is 1. The molecule has 0 saturated heterocycles. The number of carbonyl (C=O) groups is 1. The third-order valence-electron chi connectivity index (χ3n) is 2.34. The standard InChI is InChI=1S/C12H11F2NO3/c1-2-9-8(5-11(16)17)3-7(6-15)4-10(9)18-12(13)14/h3-4,12H,2,5H2,1H3,(H,16,17). The number of nitrogens with zero attached hydrogens (tertiary/aromatic N) is 1. The van der Waals surface area contributed by atoms with Gasteiger partial charge in [0.15, 0.2) is 0 Å². The first-order chi connectivity index (χ1) is 8.47. The van der Waals surface area contributed by atoms with E-state index in [9.17, 15) is 13.6 Å². The molecule has 0 unspecified atom stereocenters. The summed E-state index contributed by atoms with van der Waals surface area (Å²) in [5.41, 5.74) is 0.801. The van der Waals surface area contributed by atoms with Gasteiger partial charge in [-0.15, -0.1) is 0 Å². The van der Waals surface area contributed by atoms with Crippen LogP contribution in [0.1, 0.15) is 23.6 Å². The number of aliphatic carboxylic acids is 1.